The molecule has 0 aromatic rings. The first-order chi connectivity index (χ1) is 9.93. The average Bonchev–Trinajstić information content (AvgIpc) is 2.47. The zero-order valence-electron chi connectivity index (χ0n) is 14.3. The molecule has 0 heterocycles. The summed E-state index contributed by atoms with van der Waals surface area (Å²) in [7, 11) is 0. The van der Waals surface area contributed by atoms with Crippen molar-refractivity contribution in [3.8, 4) is 0 Å². The molecule has 0 nitrogen and oxygen atoms in total. The van der Waals surface area contributed by atoms with Crippen molar-refractivity contribution in [1.82, 2.24) is 0 Å². The molecule has 0 saturated heterocycles. The first-order valence-electron chi connectivity index (χ1n) is 9.93. The lowest BCUT2D eigenvalue weighted by Crippen LogP contribution is -2.01. The zero-order valence-corrected chi connectivity index (χ0v) is 14.3. The monoisotopic (exact) mass is 280 g/mol. The van der Waals surface area contributed by atoms with E-state index in [2.05, 4.69) is 6.92 Å². The van der Waals surface area contributed by atoms with Gasteiger partial charge in [0.2, 0.25) is 0 Å². The Hall–Kier alpha value is 0. The first-order valence-corrected chi connectivity index (χ1v) is 9.93. The van der Waals surface area contributed by atoms with E-state index in [1.807, 2.05) is 0 Å². The second-order valence-electron chi connectivity index (χ2n) is 7.18. The van der Waals surface area contributed by atoms with Gasteiger partial charge in [-0.05, 0) is 5.92 Å². The molecule has 0 heteroatoms. The molecule has 0 aliphatic heterocycles. The van der Waals surface area contributed by atoms with Gasteiger partial charge in [0.15, 0.2) is 0 Å². The van der Waals surface area contributed by atoms with Crippen molar-refractivity contribution in [3.05, 3.63) is 0 Å². The van der Waals surface area contributed by atoms with Crippen LogP contribution in [0, 0.1) is 5.92 Å². The van der Waals surface area contributed by atoms with E-state index >= 15 is 0 Å². The largest absolute Gasteiger partial charge is 0.0654 e. The summed E-state index contributed by atoms with van der Waals surface area (Å²) < 4.78 is 0. The highest BCUT2D eigenvalue weighted by atomic mass is 14.1. The van der Waals surface area contributed by atoms with Crippen LogP contribution in [0.2, 0.25) is 0 Å². The van der Waals surface area contributed by atoms with Crippen molar-refractivity contribution >= 4 is 0 Å². The molecular formula is C20H40. The SMILES string of the molecule is CCCCCC1CCCCCCCCCCCCCC1. The van der Waals surface area contributed by atoms with Crippen LogP contribution in [-0.4, -0.2) is 0 Å². The Morgan fingerprint density at radius 3 is 1.35 bits per heavy atom. The summed E-state index contributed by atoms with van der Waals surface area (Å²) in [5.41, 5.74) is 0. The molecule has 20 heavy (non-hydrogen) atoms. The first kappa shape index (κ1) is 18.1. The van der Waals surface area contributed by atoms with E-state index in [0.717, 1.165) is 5.92 Å². The van der Waals surface area contributed by atoms with Crippen molar-refractivity contribution in [3.63, 3.8) is 0 Å². The smallest absolute Gasteiger partial charge is 0.0414 e. The van der Waals surface area contributed by atoms with Crippen molar-refractivity contribution < 1.29 is 0 Å². The summed E-state index contributed by atoms with van der Waals surface area (Å²) in [6.45, 7) is 2.33. The molecular weight excluding hydrogens is 240 g/mol. The Kier molecular flexibility index (Phi) is 12.6. The van der Waals surface area contributed by atoms with Gasteiger partial charge in [-0.25, -0.2) is 0 Å². The summed E-state index contributed by atoms with van der Waals surface area (Å²) in [6.07, 6.45) is 26.9. The van der Waals surface area contributed by atoms with E-state index in [1.165, 1.54) is 116 Å². The minimum Gasteiger partial charge on any atom is -0.0654 e. The second kappa shape index (κ2) is 14.0. The fraction of sp³-hybridized carbons (Fsp3) is 1.00. The third kappa shape index (κ3) is 10.7. The van der Waals surface area contributed by atoms with Crippen LogP contribution in [0.15, 0.2) is 0 Å². The number of unbranched alkanes of at least 4 members (excludes halogenated alkanes) is 2. The number of rotatable bonds is 4. The highest BCUT2D eigenvalue weighted by molar-refractivity contribution is 4.62. The van der Waals surface area contributed by atoms with E-state index in [4.69, 9.17) is 0 Å². The minimum atomic E-state index is 1.06. The van der Waals surface area contributed by atoms with Gasteiger partial charge in [-0.3, -0.25) is 0 Å². The van der Waals surface area contributed by atoms with Crippen LogP contribution in [-0.2, 0) is 0 Å². The van der Waals surface area contributed by atoms with Gasteiger partial charge in [-0.2, -0.15) is 0 Å². The third-order valence-electron chi connectivity index (χ3n) is 5.19. The maximum absolute atomic E-state index is 2.33. The molecule has 0 aromatic heterocycles. The Bertz CT molecular complexity index is 168. The fourth-order valence-corrected chi connectivity index (χ4v) is 3.75. The molecule has 0 amide bonds. The van der Waals surface area contributed by atoms with Gasteiger partial charge in [0.1, 0.15) is 0 Å². The van der Waals surface area contributed by atoms with Crippen molar-refractivity contribution in [2.24, 2.45) is 5.92 Å². The normalized spacial score (nSPS) is 22.1. The van der Waals surface area contributed by atoms with Gasteiger partial charge < -0.3 is 0 Å². The van der Waals surface area contributed by atoms with Gasteiger partial charge in [-0.15, -0.1) is 0 Å². The van der Waals surface area contributed by atoms with E-state index in [9.17, 15) is 0 Å². The fourth-order valence-electron chi connectivity index (χ4n) is 3.75. The molecule has 1 fully saturated rings. The standard InChI is InChI=1S/C20H40/c1-2-3-14-17-20-18-15-12-10-8-6-4-5-7-9-11-13-16-19-20/h20H,2-19H2,1H3. The van der Waals surface area contributed by atoms with Crippen LogP contribution in [0.5, 0.6) is 0 Å². The van der Waals surface area contributed by atoms with Crippen LogP contribution in [0.4, 0.5) is 0 Å². The van der Waals surface area contributed by atoms with Gasteiger partial charge in [0.25, 0.3) is 0 Å². The lowest BCUT2D eigenvalue weighted by Gasteiger charge is -2.16. The molecule has 0 atom stereocenters. The highest BCUT2D eigenvalue weighted by Crippen LogP contribution is 2.24. The predicted molar refractivity (Wildman–Crippen MR) is 92.3 cm³/mol. The number of hydrogen-bond donors (Lipinski definition) is 0. The molecule has 1 aliphatic rings. The highest BCUT2D eigenvalue weighted by Gasteiger charge is 2.08. The molecule has 0 radical (unpaired) electrons. The predicted octanol–water partition coefficient (Wildman–Crippen LogP) is 7.66. The Balaban J connectivity index is 2.21. The molecule has 1 saturated carbocycles. The second-order valence-corrected chi connectivity index (χ2v) is 7.18. The lowest BCUT2D eigenvalue weighted by molar-refractivity contribution is 0.369. The topological polar surface area (TPSA) is 0 Å². The minimum absolute atomic E-state index is 1.06. The van der Waals surface area contributed by atoms with Crippen LogP contribution in [0.25, 0.3) is 0 Å². The Morgan fingerprint density at radius 2 is 0.950 bits per heavy atom. The molecule has 0 unspecified atom stereocenters. The van der Waals surface area contributed by atoms with Crippen LogP contribution < -0.4 is 0 Å². The molecule has 0 spiro atoms. The lowest BCUT2D eigenvalue weighted by atomic mass is 9.90. The molecule has 0 bridgehead atoms. The van der Waals surface area contributed by atoms with E-state index < -0.39 is 0 Å². The zero-order chi connectivity index (χ0) is 14.3. The van der Waals surface area contributed by atoms with E-state index in [1.54, 1.807) is 0 Å². The number of hydrogen-bond acceptors (Lipinski definition) is 0. The summed E-state index contributed by atoms with van der Waals surface area (Å²) in [5.74, 6) is 1.06. The molecule has 0 N–H and O–H groups in total. The van der Waals surface area contributed by atoms with Gasteiger partial charge in [0.05, 0.1) is 0 Å². The molecule has 1 aliphatic carbocycles. The van der Waals surface area contributed by atoms with Crippen LogP contribution >= 0.6 is 0 Å². The summed E-state index contributed by atoms with van der Waals surface area (Å²) >= 11 is 0. The Morgan fingerprint density at radius 1 is 0.550 bits per heavy atom. The quantitative estimate of drug-likeness (QED) is 0.464. The maximum atomic E-state index is 2.33. The van der Waals surface area contributed by atoms with Crippen LogP contribution in [0.1, 0.15) is 122 Å². The van der Waals surface area contributed by atoms with E-state index in [0.29, 0.717) is 0 Å². The van der Waals surface area contributed by atoms with Gasteiger partial charge >= 0.3 is 0 Å². The molecule has 0 aromatic carbocycles. The van der Waals surface area contributed by atoms with Crippen LogP contribution in [0.3, 0.4) is 0 Å². The summed E-state index contributed by atoms with van der Waals surface area (Å²) in [5, 5.41) is 0. The van der Waals surface area contributed by atoms with Crippen molar-refractivity contribution in [2.75, 3.05) is 0 Å². The molecule has 120 valence electrons. The van der Waals surface area contributed by atoms with Gasteiger partial charge in [0, 0.05) is 0 Å². The van der Waals surface area contributed by atoms with Crippen molar-refractivity contribution in [2.45, 2.75) is 122 Å². The summed E-state index contributed by atoms with van der Waals surface area (Å²) in [4.78, 5) is 0. The van der Waals surface area contributed by atoms with E-state index in [-0.39, 0.29) is 0 Å². The van der Waals surface area contributed by atoms with Gasteiger partial charge in [-0.1, -0.05) is 122 Å². The maximum Gasteiger partial charge on any atom is -0.0414 e. The summed E-state index contributed by atoms with van der Waals surface area (Å²) in [6, 6.07) is 0. The average molecular weight is 281 g/mol. The van der Waals surface area contributed by atoms with Crippen molar-refractivity contribution in [1.29, 1.82) is 0 Å². The third-order valence-corrected chi connectivity index (χ3v) is 5.19. The Labute approximate surface area is 129 Å². The molecule has 1 rings (SSSR count).